The predicted octanol–water partition coefficient (Wildman–Crippen LogP) is 1.01. The molecule has 5 heteroatoms. The van der Waals surface area contributed by atoms with Gasteiger partial charge in [-0.2, -0.15) is 5.26 Å². The molecule has 1 fully saturated rings. The van der Waals surface area contributed by atoms with E-state index in [2.05, 4.69) is 0 Å². The number of alkyl halides is 2. The number of rotatable bonds is 1. The summed E-state index contributed by atoms with van der Waals surface area (Å²) in [7, 11) is 0. The molecule has 0 saturated carbocycles. The van der Waals surface area contributed by atoms with Crippen LogP contribution < -0.4 is 0 Å². The maximum absolute atomic E-state index is 12.6. The highest BCUT2D eigenvalue weighted by atomic mass is 19.3. The lowest BCUT2D eigenvalue weighted by atomic mass is 10.2. The molecule has 0 bridgehead atoms. The fraction of sp³-hybridized carbons (Fsp3) is 0.750. The van der Waals surface area contributed by atoms with Gasteiger partial charge in [0.1, 0.15) is 5.92 Å². The molecule has 3 nitrogen and oxygen atoms in total. The van der Waals surface area contributed by atoms with Gasteiger partial charge in [-0.25, -0.2) is 8.78 Å². The molecule has 1 rings (SSSR count). The second kappa shape index (κ2) is 3.29. The van der Waals surface area contributed by atoms with Crippen LogP contribution >= 0.6 is 0 Å². The van der Waals surface area contributed by atoms with Gasteiger partial charge in [0, 0.05) is 13.0 Å². The normalized spacial score (nSPS) is 22.5. The molecule has 1 saturated heterocycles. The van der Waals surface area contributed by atoms with Crippen molar-refractivity contribution < 1.29 is 13.6 Å². The Labute approximate surface area is 74.9 Å². The van der Waals surface area contributed by atoms with Gasteiger partial charge in [-0.3, -0.25) is 4.79 Å². The fourth-order valence-electron chi connectivity index (χ4n) is 1.25. The van der Waals surface area contributed by atoms with Crippen LogP contribution in [0.15, 0.2) is 0 Å². The minimum absolute atomic E-state index is 0.0534. The van der Waals surface area contributed by atoms with Crippen LogP contribution in [0.3, 0.4) is 0 Å². The maximum Gasteiger partial charge on any atom is 0.267 e. The van der Waals surface area contributed by atoms with Crippen LogP contribution in [0.1, 0.15) is 13.3 Å². The molecule has 0 aromatic heterocycles. The van der Waals surface area contributed by atoms with E-state index in [1.165, 1.54) is 6.92 Å². The molecule has 0 aliphatic carbocycles. The zero-order valence-electron chi connectivity index (χ0n) is 7.26. The van der Waals surface area contributed by atoms with Crippen LogP contribution in [0, 0.1) is 17.2 Å². The molecule has 1 atom stereocenters. The van der Waals surface area contributed by atoms with Gasteiger partial charge in [-0.1, -0.05) is 0 Å². The molecule has 0 aromatic rings. The first-order valence-corrected chi connectivity index (χ1v) is 4.02. The Morgan fingerprint density at radius 1 is 1.69 bits per heavy atom. The van der Waals surface area contributed by atoms with Crippen molar-refractivity contribution in [2.45, 2.75) is 19.3 Å². The van der Waals surface area contributed by atoms with Crippen molar-refractivity contribution in [2.75, 3.05) is 13.1 Å². The summed E-state index contributed by atoms with van der Waals surface area (Å²) in [5, 5.41) is 8.41. The summed E-state index contributed by atoms with van der Waals surface area (Å²) in [5.41, 5.74) is 0. The third kappa shape index (κ3) is 2.14. The van der Waals surface area contributed by atoms with Crippen molar-refractivity contribution in [2.24, 2.45) is 5.92 Å². The van der Waals surface area contributed by atoms with Gasteiger partial charge >= 0.3 is 0 Å². The van der Waals surface area contributed by atoms with Gasteiger partial charge < -0.3 is 4.90 Å². The summed E-state index contributed by atoms with van der Waals surface area (Å²) in [6.45, 7) is 0.925. The highest BCUT2D eigenvalue weighted by Gasteiger charge is 2.41. The number of nitriles is 1. The van der Waals surface area contributed by atoms with Gasteiger partial charge in [0.15, 0.2) is 0 Å². The molecule has 0 aromatic carbocycles. The monoisotopic (exact) mass is 188 g/mol. The SMILES string of the molecule is CC(C#N)C(=O)N1CCC(F)(F)C1. The van der Waals surface area contributed by atoms with E-state index < -0.39 is 24.3 Å². The zero-order valence-corrected chi connectivity index (χ0v) is 7.26. The lowest BCUT2D eigenvalue weighted by molar-refractivity contribution is -0.133. The van der Waals surface area contributed by atoms with E-state index in [1.54, 1.807) is 6.07 Å². The van der Waals surface area contributed by atoms with Crippen molar-refractivity contribution in [3.8, 4) is 6.07 Å². The number of hydrogen-bond acceptors (Lipinski definition) is 2. The molecule has 0 N–H and O–H groups in total. The predicted molar refractivity (Wildman–Crippen MR) is 40.9 cm³/mol. The molecule has 13 heavy (non-hydrogen) atoms. The van der Waals surface area contributed by atoms with Crippen LogP contribution in [-0.2, 0) is 4.79 Å². The lowest BCUT2D eigenvalue weighted by Gasteiger charge is -2.16. The molecule has 1 unspecified atom stereocenters. The highest BCUT2D eigenvalue weighted by Crippen LogP contribution is 2.27. The molecule has 0 radical (unpaired) electrons. The van der Waals surface area contributed by atoms with Gasteiger partial charge in [-0.05, 0) is 6.92 Å². The van der Waals surface area contributed by atoms with Gasteiger partial charge in [0.25, 0.3) is 5.92 Å². The minimum atomic E-state index is -2.77. The Balaban J connectivity index is 2.58. The second-order valence-corrected chi connectivity index (χ2v) is 3.22. The van der Waals surface area contributed by atoms with Crippen molar-refractivity contribution in [3.63, 3.8) is 0 Å². The Hall–Kier alpha value is -1.18. The Morgan fingerprint density at radius 2 is 2.31 bits per heavy atom. The third-order valence-corrected chi connectivity index (χ3v) is 2.05. The van der Waals surface area contributed by atoms with Crippen molar-refractivity contribution in [3.05, 3.63) is 0 Å². The molecule has 1 heterocycles. The topological polar surface area (TPSA) is 44.1 Å². The van der Waals surface area contributed by atoms with E-state index >= 15 is 0 Å². The standard InChI is InChI=1S/C8H10F2N2O/c1-6(4-11)7(13)12-3-2-8(9,10)5-12/h6H,2-3,5H2,1H3. The minimum Gasteiger partial charge on any atom is -0.335 e. The number of carbonyl (C=O) groups is 1. The Bertz CT molecular complexity index is 259. The fourth-order valence-corrected chi connectivity index (χ4v) is 1.25. The third-order valence-electron chi connectivity index (χ3n) is 2.05. The summed E-state index contributed by atoms with van der Waals surface area (Å²) in [4.78, 5) is 12.3. The van der Waals surface area contributed by atoms with Crippen LogP contribution in [0.4, 0.5) is 8.78 Å². The summed E-state index contributed by atoms with van der Waals surface area (Å²) >= 11 is 0. The smallest absolute Gasteiger partial charge is 0.267 e. The van der Waals surface area contributed by atoms with Crippen LogP contribution in [0.5, 0.6) is 0 Å². The molecule has 1 aliphatic heterocycles. The number of nitrogens with zero attached hydrogens (tertiary/aromatic N) is 2. The first kappa shape index (κ1) is 9.90. The summed E-state index contributed by atoms with van der Waals surface area (Å²) in [6.07, 6.45) is -0.295. The number of hydrogen-bond donors (Lipinski definition) is 0. The summed E-state index contributed by atoms with van der Waals surface area (Å²) in [6, 6.07) is 1.73. The van der Waals surface area contributed by atoms with E-state index in [1.807, 2.05) is 0 Å². The average Bonchev–Trinajstić information content (AvgIpc) is 2.43. The van der Waals surface area contributed by atoms with E-state index in [4.69, 9.17) is 5.26 Å². The zero-order chi connectivity index (χ0) is 10.1. The van der Waals surface area contributed by atoms with Crippen LogP contribution in [0.25, 0.3) is 0 Å². The maximum atomic E-state index is 12.6. The number of carbonyl (C=O) groups excluding carboxylic acids is 1. The van der Waals surface area contributed by atoms with Gasteiger partial charge in [0.2, 0.25) is 5.91 Å². The first-order valence-electron chi connectivity index (χ1n) is 4.02. The molecule has 1 amide bonds. The number of amides is 1. The Kier molecular flexibility index (Phi) is 2.50. The molecule has 1 aliphatic rings. The largest absolute Gasteiger partial charge is 0.335 e. The van der Waals surface area contributed by atoms with Crippen molar-refractivity contribution in [1.82, 2.24) is 4.90 Å². The Morgan fingerprint density at radius 3 is 2.69 bits per heavy atom. The first-order chi connectivity index (χ1) is 5.96. The van der Waals surface area contributed by atoms with Gasteiger partial charge in [-0.15, -0.1) is 0 Å². The molecular formula is C8H10F2N2O. The van der Waals surface area contributed by atoms with Gasteiger partial charge in [0.05, 0.1) is 12.6 Å². The quantitative estimate of drug-likeness (QED) is 0.616. The molecule has 72 valence electrons. The summed E-state index contributed by atoms with van der Waals surface area (Å²) in [5.74, 6) is -4.10. The van der Waals surface area contributed by atoms with E-state index in [9.17, 15) is 13.6 Å². The molecular weight excluding hydrogens is 178 g/mol. The average molecular weight is 188 g/mol. The molecule has 0 spiro atoms. The van der Waals surface area contributed by atoms with Crippen LogP contribution in [0.2, 0.25) is 0 Å². The van der Waals surface area contributed by atoms with E-state index in [0.29, 0.717) is 0 Å². The van der Waals surface area contributed by atoms with Crippen molar-refractivity contribution >= 4 is 5.91 Å². The van der Waals surface area contributed by atoms with Crippen LogP contribution in [-0.4, -0.2) is 29.8 Å². The summed E-state index contributed by atoms with van der Waals surface area (Å²) < 4.78 is 25.3. The number of halogens is 2. The number of likely N-dealkylation sites (tertiary alicyclic amines) is 1. The van der Waals surface area contributed by atoms with Crippen molar-refractivity contribution in [1.29, 1.82) is 5.26 Å². The van der Waals surface area contributed by atoms with E-state index in [0.717, 1.165) is 4.90 Å². The highest BCUT2D eigenvalue weighted by molar-refractivity contribution is 5.81. The lowest BCUT2D eigenvalue weighted by Crippen LogP contribution is -2.34. The van der Waals surface area contributed by atoms with E-state index in [-0.39, 0.29) is 13.0 Å². The second-order valence-electron chi connectivity index (χ2n) is 3.22.